The van der Waals surface area contributed by atoms with Gasteiger partial charge in [0.2, 0.25) is 5.71 Å². The molecule has 0 aromatic carbocycles. The number of carbonyl (C=O) groups is 5. The second kappa shape index (κ2) is 13.2. The van der Waals surface area contributed by atoms with Gasteiger partial charge in [0.1, 0.15) is 24.1 Å². The van der Waals surface area contributed by atoms with E-state index in [2.05, 4.69) is 15.2 Å². The number of carboxylic acids is 2. The number of oxime groups is 1. The Balaban J connectivity index is 0.00000241. The van der Waals surface area contributed by atoms with Crippen LogP contribution in [0, 0.1) is 5.92 Å². The molecule has 0 spiro atoms. The number of primary amides is 1. The maximum absolute atomic E-state index is 13.0. The van der Waals surface area contributed by atoms with Crippen LogP contribution in [0.4, 0.5) is 4.79 Å². The zero-order chi connectivity index (χ0) is 25.3. The number of thioether (sulfide) groups is 1. The van der Waals surface area contributed by atoms with Crippen LogP contribution in [-0.2, 0) is 28.8 Å². The van der Waals surface area contributed by atoms with E-state index in [1.165, 1.54) is 18.4 Å². The summed E-state index contributed by atoms with van der Waals surface area (Å²) in [5.41, 5.74) is 4.25. The van der Waals surface area contributed by atoms with E-state index in [-0.39, 0.29) is 81.9 Å². The number of fused-ring (bicyclic) bond motifs is 1. The zero-order valence-electron chi connectivity index (χ0n) is 19.8. The molecule has 4 atom stereocenters. The minimum atomic E-state index is -1.65. The van der Waals surface area contributed by atoms with Crippen LogP contribution in [-0.4, -0.2) is 70.3 Å². The van der Waals surface area contributed by atoms with Gasteiger partial charge in [0, 0.05) is 23.2 Å². The number of nitrogens with zero attached hydrogens (tertiary/aromatic N) is 2. The molecule has 1 saturated heterocycles. The van der Waals surface area contributed by atoms with Gasteiger partial charge in [-0.15, -0.1) is 11.8 Å². The minimum absolute atomic E-state index is 0. The van der Waals surface area contributed by atoms with Crippen molar-refractivity contribution >= 4 is 47.3 Å². The molecule has 14 nitrogen and oxygen atoms in total. The average molecular weight is 552 g/mol. The summed E-state index contributed by atoms with van der Waals surface area (Å²) in [4.78, 5) is 65.5. The van der Waals surface area contributed by atoms with E-state index in [9.17, 15) is 34.2 Å². The summed E-state index contributed by atoms with van der Waals surface area (Å²) < 4.78 is 9.84. The van der Waals surface area contributed by atoms with Crippen LogP contribution < -0.4 is 80.4 Å². The van der Waals surface area contributed by atoms with Crippen molar-refractivity contribution in [3.63, 3.8) is 0 Å². The Bertz CT molecular complexity index is 1140. The van der Waals surface area contributed by atoms with E-state index >= 15 is 0 Å². The third-order valence-electron chi connectivity index (χ3n) is 5.68. The Labute approximate surface area is 257 Å². The summed E-state index contributed by atoms with van der Waals surface area (Å²) >= 11 is 1.13. The van der Waals surface area contributed by atoms with Crippen molar-refractivity contribution < 1.29 is 107 Å². The molecule has 0 radical (unpaired) electrons. The van der Waals surface area contributed by atoms with Gasteiger partial charge in [-0.1, -0.05) is 5.16 Å². The SMILES string of the molecule is NC(=O)OCC1=C(C(=O)[O-])N2C(=O)[C@@H](NC(=O)C(=NOC3CCC3C(=O)[O-])c3ccco3)[C@H]2SC1.[Na+].[Na+]. The molecule has 186 valence electrons. The first kappa shape index (κ1) is 31.2. The molecule has 0 bridgehead atoms. The van der Waals surface area contributed by atoms with Gasteiger partial charge in [-0.2, -0.15) is 0 Å². The molecule has 3 amide bonds. The van der Waals surface area contributed by atoms with Crippen LogP contribution in [0.1, 0.15) is 18.6 Å². The number of β-lactam (4-membered cyclic amide) rings is 1. The van der Waals surface area contributed by atoms with Crippen LogP contribution in [0.2, 0.25) is 0 Å². The number of hydrogen-bond acceptors (Lipinski definition) is 12. The number of aliphatic carboxylic acids is 2. The Morgan fingerprint density at radius 2 is 1.97 bits per heavy atom. The van der Waals surface area contributed by atoms with E-state index in [1.807, 2.05) is 0 Å². The maximum Gasteiger partial charge on any atom is 1.00 e. The predicted molar refractivity (Wildman–Crippen MR) is 110 cm³/mol. The summed E-state index contributed by atoms with van der Waals surface area (Å²) in [6, 6.07) is 1.80. The number of nitrogens with two attached hydrogens (primary N) is 1. The van der Waals surface area contributed by atoms with E-state index in [0.29, 0.717) is 12.8 Å². The number of carboxylic acid groups (broad SMARTS) is 2. The molecule has 3 N–H and O–H groups in total. The summed E-state index contributed by atoms with van der Waals surface area (Å²) in [5.74, 6) is -5.30. The van der Waals surface area contributed by atoms with Crippen molar-refractivity contribution in [3.05, 3.63) is 35.4 Å². The Kier molecular flexibility index (Phi) is 11.1. The van der Waals surface area contributed by atoms with Crippen LogP contribution in [0.25, 0.3) is 0 Å². The first-order valence-electron chi connectivity index (χ1n) is 10.3. The number of hydrogen-bond donors (Lipinski definition) is 2. The molecule has 37 heavy (non-hydrogen) atoms. The standard InChI is InChI=1S/C20H20N4O10S.2Na/c21-20(31)33-6-8-7-35-17-13(16(26)24(17)14(8)19(29)30)22-15(25)12(11-2-1-5-32-11)23-34-10-4-3-9(10)18(27)28;;/h1-2,5,9-10,13,17H,3-4,6-7H2,(H2,21,31)(H,22,25)(H,27,28)(H,29,30);;/q;2*+1/p-2/t9?,10?,13-,17-;;/m1../s1. The van der Waals surface area contributed by atoms with Crippen molar-refractivity contribution in [2.75, 3.05) is 12.4 Å². The Morgan fingerprint density at radius 3 is 2.51 bits per heavy atom. The van der Waals surface area contributed by atoms with Gasteiger partial charge >= 0.3 is 65.2 Å². The second-order valence-corrected chi connectivity index (χ2v) is 8.88. The predicted octanol–water partition coefficient (Wildman–Crippen LogP) is -8.96. The Morgan fingerprint density at radius 1 is 1.24 bits per heavy atom. The number of nitrogens with one attached hydrogen (secondary N) is 1. The smallest absolute Gasteiger partial charge is 0.550 e. The topological polar surface area (TPSA) is 217 Å². The van der Waals surface area contributed by atoms with Gasteiger partial charge in [-0.25, -0.2) is 4.79 Å². The fourth-order valence-corrected chi connectivity index (χ4v) is 5.08. The van der Waals surface area contributed by atoms with Gasteiger partial charge in [0.15, 0.2) is 5.76 Å². The van der Waals surface area contributed by atoms with Crippen molar-refractivity contribution in [2.24, 2.45) is 16.8 Å². The van der Waals surface area contributed by atoms with Crippen molar-refractivity contribution in [1.82, 2.24) is 10.2 Å². The number of carbonyl (C=O) groups excluding carboxylic acids is 5. The van der Waals surface area contributed by atoms with Crippen LogP contribution in [0.15, 0.2) is 39.2 Å². The normalized spacial score (nSPS) is 24.3. The van der Waals surface area contributed by atoms with Crippen LogP contribution in [0.3, 0.4) is 0 Å². The van der Waals surface area contributed by atoms with Crippen molar-refractivity contribution in [2.45, 2.75) is 30.4 Å². The molecule has 1 aromatic heterocycles. The third kappa shape index (κ3) is 6.53. The quantitative estimate of drug-likeness (QED) is 0.127. The van der Waals surface area contributed by atoms with Gasteiger partial charge in [0.05, 0.1) is 17.9 Å². The number of furan rings is 1. The molecule has 3 aliphatic rings. The van der Waals surface area contributed by atoms with E-state index in [4.69, 9.17) is 15.0 Å². The number of ether oxygens (including phenoxy) is 1. The summed E-state index contributed by atoms with van der Waals surface area (Å²) in [6.45, 7) is -0.431. The molecule has 3 heterocycles. The largest absolute Gasteiger partial charge is 1.00 e. The fraction of sp³-hybridized carbons (Fsp3) is 0.400. The molecule has 17 heteroatoms. The Hall–Kier alpha value is -2.01. The summed E-state index contributed by atoms with van der Waals surface area (Å²) in [7, 11) is 0. The summed E-state index contributed by atoms with van der Waals surface area (Å²) in [6.07, 6.45) is 0.165. The molecule has 1 saturated carbocycles. The van der Waals surface area contributed by atoms with Gasteiger partial charge in [0.25, 0.3) is 11.8 Å². The molecule has 2 aliphatic heterocycles. The molecule has 1 aromatic rings. The van der Waals surface area contributed by atoms with Crippen LogP contribution in [0.5, 0.6) is 0 Å². The summed E-state index contributed by atoms with van der Waals surface area (Å²) in [5, 5.41) is 28.2. The van der Waals surface area contributed by atoms with Crippen molar-refractivity contribution in [3.8, 4) is 0 Å². The maximum atomic E-state index is 13.0. The monoisotopic (exact) mass is 552 g/mol. The van der Waals surface area contributed by atoms with Gasteiger partial charge in [-0.05, 0) is 25.0 Å². The zero-order valence-corrected chi connectivity index (χ0v) is 24.6. The molecular weight excluding hydrogens is 534 g/mol. The first-order valence-corrected chi connectivity index (χ1v) is 11.3. The van der Waals surface area contributed by atoms with Gasteiger partial charge < -0.3 is 44.8 Å². The average Bonchev–Trinajstić information content (AvgIpc) is 3.31. The van der Waals surface area contributed by atoms with Gasteiger partial charge in [-0.3, -0.25) is 14.5 Å². The molecule has 4 rings (SSSR count). The van der Waals surface area contributed by atoms with Crippen molar-refractivity contribution in [1.29, 1.82) is 0 Å². The fourth-order valence-electron chi connectivity index (χ4n) is 3.75. The third-order valence-corrected chi connectivity index (χ3v) is 7.02. The van der Waals surface area contributed by atoms with E-state index in [0.717, 1.165) is 16.7 Å². The minimum Gasteiger partial charge on any atom is -0.550 e. The number of amides is 3. The number of rotatable bonds is 9. The van der Waals surface area contributed by atoms with E-state index in [1.54, 1.807) is 0 Å². The molecular formula is C20H18N4Na2O10S. The second-order valence-electron chi connectivity index (χ2n) is 7.77. The van der Waals surface area contributed by atoms with E-state index < -0.39 is 65.6 Å². The molecule has 2 fully saturated rings. The molecule has 2 unspecified atom stereocenters. The first-order chi connectivity index (χ1) is 16.7. The van der Waals surface area contributed by atoms with Crippen LogP contribution >= 0.6 is 11.8 Å². The molecule has 1 aliphatic carbocycles.